The standard InChI is InChI=1S/C32H41N3O4S/c1-5-26(3)33-32(37)30(23-27-16-8-6-9-17-27)34(24-28-18-10-7-11-19-28)31(36)21-14-22-35(40(4,38)39)29-20-13-12-15-25(29)2/h6-13,15-20,26,30H,5,14,21-24H2,1-4H3,(H,33,37)/t26-,30+/m0/s1. The Morgan fingerprint density at radius 1 is 0.875 bits per heavy atom. The number of para-hydroxylation sites is 1. The minimum atomic E-state index is -3.55. The van der Waals surface area contributed by atoms with Crippen LogP contribution < -0.4 is 9.62 Å². The Hall–Kier alpha value is -3.65. The van der Waals surface area contributed by atoms with Crippen molar-refractivity contribution < 1.29 is 18.0 Å². The number of hydrogen-bond donors (Lipinski definition) is 1. The highest BCUT2D eigenvalue weighted by Gasteiger charge is 2.31. The highest BCUT2D eigenvalue weighted by molar-refractivity contribution is 7.92. The van der Waals surface area contributed by atoms with Gasteiger partial charge in [0.05, 0.1) is 11.9 Å². The summed E-state index contributed by atoms with van der Waals surface area (Å²) in [5.74, 6) is -0.387. The van der Waals surface area contributed by atoms with Crippen LogP contribution in [-0.2, 0) is 32.6 Å². The first-order valence-corrected chi connectivity index (χ1v) is 15.7. The molecular weight excluding hydrogens is 522 g/mol. The minimum Gasteiger partial charge on any atom is -0.352 e. The first-order valence-electron chi connectivity index (χ1n) is 13.8. The van der Waals surface area contributed by atoms with Crippen LogP contribution in [0.5, 0.6) is 0 Å². The molecule has 3 rings (SSSR count). The SMILES string of the molecule is CC[C@H](C)NC(=O)[C@@H](Cc1ccccc1)N(Cc1ccccc1)C(=O)CCCN(c1ccccc1C)S(C)(=O)=O. The van der Waals surface area contributed by atoms with Gasteiger partial charge in [-0.3, -0.25) is 13.9 Å². The molecule has 0 aromatic heterocycles. The molecule has 0 heterocycles. The fraction of sp³-hybridized carbons (Fsp3) is 0.375. The molecule has 2 atom stereocenters. The second-order valence-electron chi connectivity index (χ2n) is 10.3. The number of rotatable bonds is 14. The largest absolute Gasteiger partial charge is 0.352 e. The van der Waals surface area contributed by atoms with E-state index in [-0.39, 0.29) is 37.4 Å². The van der Waals surface area contributed by atoms with E-state index < -0.39 is 16.1 Å². The lowest BCUT2D eigenvalue weighted by molar-refractivity contribution is -0.141. The van der Waals surface area contributed by atoms with Crippen LogP contribution in [-0.4, -0.2) is 50.0 Å². The summed E-state index contributed by atoms with van der Waals surface area (Å²) in [5, 5.41) is 3.07. The summed E-state index contributed by atoms with van der Waals surface area (Å²) in [5.41, 5.74) is 3.33. The van der Waals surface area contributed by atoms with Crippen LogP contribution in [0.4, 0.5) is 5.69 Å². The lowest BCUT2D eigenvalue weighted by Gasteiger charge is -2.32. The van der Waals surface area contributed by atoms with Crippen LogP contribution in [0.1, 0.15) is 49.8 Å². The minimum absolute atomic E-state index is 0.0307. The normalized spacial score (nSPS) is 12.8. The zero-order valence-corrected chi connectivity index (χ0v) is 24.7. The van der Waals surface area contributed by atoms with Gasteiger partial charge < -0.3 is 10.2 Å². The number of benzene rings is 3. The molecule has 40 heavy (non-hydrogen) atoms. The van der Waals surface area contributed by atoms with E-state index in [2.05, 4.69) is 5.32 Å². The van der Waals surface area contributed by atoms with Gasteiger partial charge >= 0.3 is 0 Å². The van der Waals surface area contributed by atoms with E-state index in [9.17, 15) is 18.0 Å². The van der Waals surface area contributed by atoms with E-state index in [1.807, 2.05) is 93.6 Å². The predicted octanol–water partition coefficient (Wildman–Crippen LogP) is 5.10. The predicted molar refractivity (Wildman–Crippen MR) is 161 cm³/mol. The molecule has 0 aliphatic rings. The molecule has 0 saturated carbocycles. The molecule has 3 aromatic rings. The summed E-state index contributed by atoms with van der Waals surface area (Å²) in [6.07, 6.45) is 2.75. The van der Waals surface area contributed by atoms with Gasteiger partial charge in [-0.15, -0.1) is 0 Å². The van der Waals surface area contributed by atoms with Gasteiger partial charge in [0.1, 0.15) is 6.04 Å². The molecule has 8 heteroatoms. The van der Waals surface area contributed by atoms with Gasteiger partial charge in [0.15, 0.2) is 0 Å². The van der Waals surface area contributed by atoms with E-state index in [1.54, 1.807) is 17.0 Å². The lowest BCUT2D eigenvalue weighted by Crippen LogP contribution is -2.52. The summed E-state index contributed by atoms with van der Waals surface area (Å²) in [6.45, 7) is 6.26. The van der Waals surface area contributed by atoms with Crippen molar-refractivity contribution in [2.75, 3.05) is 17.1 Å². The molecule has 0 unspecified atom stereocenters. The average Bonchev–Trinajstić information content (AvgIpc) is 2.93. The fourth-order valence-corrected chi connectivity index (χ4v) is 5.62. The average molecular weight is 564 g/mol. The van der Waals surface area contributed by atoms with Gasteiger partial charge in [-0.25, -0.2) is 8.42 Å². The van der Waals surface area contributed by atoms with Gasteiger partial charge in [-0.05, 0) is 49.4 Å². The van der Waals surface area contributed by atoms with E-state index in [1.165, 1.54) is 10.6 Å². The monoisotopic (exact) mass is 563 g/mol. The van der Waals surface area contributed by atoms with Crippen LogP contribution in [0.3, 0.4) is 0 Å². The van der Waals surface area contributed by atoms with Gasteiger partial charge in [0, 0.05) is 32.0 Å². The summed E-state index contributed by atoms with van der Waals surface area (Å²) in [6, 6.07) is 25.9. The van der Waals surface area contributed by atoms with Crippen LogP contribution in [0, 0.1) is 6.92 Å². The fourth-order valence-electron chi connectivity index (χ4n) is 4.60. The Labute approximate surface area is 239 Å². The summed E-state index contributed by atoms with van der Waals surface area (Å²) >= 11 is 0. The Morgan fingerprint density at radius 3 is 2.02 bits per heavy atom. The molecule has 2 amide bonds. The highest BCUT2D eigenvalue weighted by atomic mass is 32.2. The van der Waals surface area contributed by atoms with Crippen molar-refractivity contribution in [2.24, 2.45) is 0 Å². The van der Waals surface area contributed by atoms with Crippen LogP contribution in [0.25, 0.3) is 0 Å². The Kier molecular flexibility index (Phi) is 11.3. The van der Waals surface area contributed by atoms with Crippen molar-refractivity contribution in [3.8, 4) is 0 Å². The summed E-state index contributed by atoms with van der Waals surface area (Å²) in [4.78, 5) is 29.1. The van der Waals surface area contributed by atoms with Gasteiger partial charge in [0.25, 0.3) is 0 Å². The van der Waals surface area contributed by atoms with Crippen molar-refractivity contribution in [3.05, 3.63) is 102 Å². The second-order valence-corrected chi connectivity index (χ2v) is 12.2. The number of nitrogens with zero attached hydrogens (tertiary/aromatic N) is 2. The first kappa shape index (κ1) is 30.9. The molecule has 1 N–H and O–H groups in total. The number of carbonyl (C=O) groups excluding carboxylic acids is 2. The quantitative estimate of drug-likeness (QED) is 0.296. The molecule has 0 saturated heterocycles. The molecule has 0 spiro atoms. The molecule has 7 nitrogen and oxygen atoms in total. The third kappa shape index (κ3) is 8.95. The molecule has 3 aromatic carbocycles. The van der Waals surface area contributed by atoms with E-state index >= 15 is 0 Å². The van der Waals surface area contributed by atoms with Crippen LogP contribution >= 0.6 is 0 Å². The number of sulfonamides is 1. The third-order valence-electron chi connectivity index (χ3n) is 7.00. The summed E-state index contributed by atoms with van der Waals surface area (Å²) < 4.78 is 26.6. The van der Waals surface area contributed by atoms with E-state index in [0.29, 0.717) is 18.5 Å². The molecule has 214 valence electrons. The van der Waals surface area contributed by atoms with Crippen molar-refractivity contribution in [3.63, 3.8) is 0 Å². The maximum atomic E-state index is 13.9. The molecular formula is C32H41N3O4S. The molecule has 0 bridgehead atoms. The molecule has 0 aliphatic heterocycles. The molecule has 0 fully saturated rings. The van der Waals surface area contributed by atoms with Crippen molar-refractivity contribution in [1.82, 2.24) is 10.2 Å². The highest BCUT2D eigenvalue weighted by Crippen LogP contribution is 2.23. The molecule has 0 radical (unpaired) electrons. The van der Waals surface area contributed by atoms with E-state index in [4.69, 9.17) is 0 Å². The van der Waals surface area contributed by atoms with Crippen LogP contribution in [0.15, 0.2) is 84.9 Å². The number of aryl methyl sites for hydroxylation is 1. The van der Waals surface area contributed by atoms with Crippen LogP contribution in [0.2, 0.25) is 0 Å². The Bertz CT molecular complexity index is 1350. The third-order valence-corrected chi connectivity index (χ3v) is 8.18. The van der Waals surface area contributed by atoms with E-state index in [0.717, 1.165) is 23.1 Å². The van der Waals surface area contributed by atoms with Crippen molar-refractivity contribution in [1.29, 1.82) is 0 Å². The van der Waals surface area contributed by atoms with Crippen molar-refractivity contribution in [2.45, 2.75) is 65.1 Å². The number of amides is 2. The zero-order chi connectivity index (χ0) is 29.1. The van der Waals surface area contributed by atoms with Gasteiger partial charge in [-0.1, -0.05) is 85.8 Å². The first-order chi connectivity index (χ1) is 19.1. The number of anilines is 1. The number of carbonyl (C=O) groups is 2. The topological polar surface area (TPSA) is 86.8 Å². The maximum absolute atomic E-state index is 13.9. The number of nitrogens with one attached hydrogen (secondary N) is 1. The lowest BCUT2D eigenvalue weighted by atomic mass is 10.0. The molecule has 0 aliphatic carbocycles. The summed E-state index contributed by atoms with van der Waals surface area (Å²) in [7, 11) is -3.55. The zero-order valence-electron chi connectivity index (χ0n) is 23.9. The Morgan fingerprint density at radius 2 is 1.45 bits per heavy atom. The van der Waals surface area contributed by atoms with Crippen molar-refractivity contribution >= 4 is 27.5 Å². The number of hydrogen-bond acceptors (Lipinski definition) is 4. The Balaban J connectivity index is 1.87. The second kappa shape index (κ2) is 14.7. The maximum Gasteiger partial charge on any atom is 0.243 e. The van der Waals surface area contributed by atoms with Gasteiger partial charge in [-0.2, -0.15) is 0 Å². The smallest absolute Gasteiger partial charge is 0.243 e. The van der Waals surface area contributed by atoms with Gasteiger partial charge in [0.2, 0.25) is 21.8 Å².